The van der Waals surface area contributed by atoms with Gasteiger partial charge in [0, 0.05) is 62.8 Å². The van der Waals surface area contributed by atoms with Crippen molar-refractivity contribution in [3.63, 3.8) is 0 Å². The number of hydrogen-bond donors (Lipinski definition) is 1. The summed E-state index contributed by atoms with van der Waals surface area (Å²) in [6, 6.07) is 26.2. The molecule has 2 saturated heterocycles. The second-order valence-corrected chi connectivity index (χ2v) is 11.0. The first-order valence-electron chi connectivity index (χ1n) is 14.2. The van der Waals surface area contributed by atoms with E-state index in [1.165, 1.54) is 23.5 Å². The Labute approximate surface area is 248 Å². The number of halogens is 3. The first kappa shape index (κ1) is 28.8. The molecule has 1 aromatic heterocycles. The summed E-state index contributed by atoms with van der Waals surface area (Å²) in [5.74, 6) is -0.500. The van der Waals surface area contributed by atoms with E-state index < -0.39 is 12.0 Å². The smallest absolute Gasteiger partial charge is 0.453 e. The normalized spacial score (nSPS) is 19.8. The van der Waals surface area contributed by atoms with Gasteiger partial charge in [-0.3, -0.25) is 15.2 Å². The summed E-state index contributed by atoms with van der Waals surface area (Å²) in [5, 5.41) is 18.0. The highest BCUT2D eigenvalue weighted by atomic mass is 19.4. The molecule has 0 spiro atoms. The molecule has 0 saturated carbocycles. The molecule has 224 valence electrons. The molecule has 0 bridgehead atoms. The van der Waals surface area contributed by atoms with Gasteiger partial charge in [-0.15, -0.1) is 5.10 Å². The first-order valence-corrected chi connectivity index (χ1v) is 14.2. The molecule has 2 atom stereocenters. The van der Waals surface area contributed by atoms with Crippen LogP contribution in [-0.4, -0.2) is 93.2 Å². The summed E-state index contributed by atoms with van der Waals surface area (Å²) in [6.07, 6.45) is -3.28. The van der Waals surface area contributed by atoms with Crippen LogP contribution in [0.2, 0.25) is 0 Å². The number of piperazine rings is 2. The van der Waals surface area contributed by atoms with Crippen molar-refractivity contribution in [1.82, 2.24) is 34.9 Å². The van der Waals surface area contributed by atoms with Crippen LogP contribution >= 0.6 is 0 Å². The largest absolute Gasteiger partial charge is 0.496 e. The zero-order chi connectivity index (χ0) is 30.0. The third kappa shape index (κ3) is 5.98. The molecule has 6 rings (SSSR count). The third-order valence-corrected chi connectivity index (χ3v) is 8.41. The lowest BCUT2D eigenvalue weighted by atomic mass is 9.81. The standard InChI is InChI=1S/C31H33F3N8O/c1-43-28-13-12-25(42-30(31(32,33)34)36-37-38-42)16-24(28)17-40-19-26-18-39(21-35)14-15-41(26)27(20-40)29(22-8-4-2-5-9-22)23-10-6-3-7-11-23/h2-13,16,21,26-27,29,35H,14-15,17-20H2,1H3/t26-,27-/m0/s1. The Balaban J connectivity index is 1.37. The SMILES string of the molecule is COc1ccc(-n2nnnc2C(F)(F)F)cc1CN1C[C@@H]2CN(C=N)CCN2[C@H](C(c2ccccc2)c2ccccc2)C1. The van der Waals surface area contributed by atoms with Crippen LogP contribution in [0.5, 0.6) is 5.75 Å². The van der Waals surface area contributed by atoms with Crippen molar-refractivity contribution in [2.45, 2.75) is 30.7 Å². The fourth-order valence-corrected chi connectivity index (χ4v) is 6.53. The maximum Gasteiger partial charge on any atom is 0.453 e. The van der Waals surface area contributed by atoms with Gasteiger partial charge in [0.25, 0.3) is 5.82 Å². The number of nitrogens with zero attached hydrogens (tertiary/aromatic N) is 7. The van der Waals surface area contributed by atoms with Crippen LogP contribution in [-0.2, 0) is 12.7 Å². The van der Waals surface area contributed by atoms with Crippen LogP contribution in [0.1, 0.15) is 28.4 Å². The molecule has 3 aromatic carbocycles. The first-order chi connectivity index (χ1) is 20.9. The maximum absolute atomic E-state index is 13.6. The van der Waals surface area contributed by atoms with Gasteiger partial charge in [0.15, 0.2) is 0 Å². The van der Waals surface area contributed by atoms with Gasteiger partial charge >= 0.3 is 6.18 Å². The highest BCUT2D eigenvalue weighted by molar-refractivity contribution is 5.51. The van der Waals surface area contributed by atoms with Crippen molar-refractivity contribution in [2.24, 2.45) is 0 Å². The lowest BCUT2D eigenvalue weighted by Gasteiger charge is -2.53. The number of ether oxygens (including phenoxy) is 1. The fourth-order valence-electron chi connectivity index (χ4n) is 6.53. The van der Waals surface area contributed by atoms with Crippen molar-refractivity contribution in [2.75, 3.05) is 39.8 Å². The molecule has 0 aliphatic carbocycles. The van der Waals surface area contributed by atoms with Crippen molar-refractivity contribution in [1.29, 1.82) is 5.41 Å². The van der Waals surface area contributed by atoms with Crippen molar-refractivity contribution in [3.8, 4) is 11.4 Å². The number of methoxy groups -OCH3 is 1. The summed E-state index contributed by atoms with van der Waals surface area (Å²) < 4.78 is 47.1. The van der Waals surface area contributed by atoms with Gasteiger partial charge in [0.1, 0.15) is 5.75 Å². The summed E-state index contributed by atoms with van der Waals surface area (Å²) in [6.45, 7) is 4.29. The average Bonchev–Trinajstić information content (AvgIpc) is 3.53. The summed E-state index contributed by atoms with van der Waals surface area (Å²) in [5.41, 5.74) is 3.41. The van der Waals surface area contributed by atoms with E-state index in [0.29, 0.717) is 17.0 Å². The predicted molar refractivity (Wildman–Crippen MR) is 155 cm³/mol. The molecular formula is C31H33F3N8O. The number of nitrogens with one attached hydrogen (secondary N) is 1. The Morgan fingerprint density at radius 3 is 2.28 bits per heavy atom. The quantitative estimate of drug-likeness (QED) is 0.242. The Hall–Kier alpha value is -4.29. The number of hydrogen-bond acceptors (Lipinski definition) is 7. The molecule has 2 aliphatic heterocycles. The Bertz CT molecular complexity index is 1490. The van der Waals surface area contributed by atoms with E-state index in [1.54, 1.807) is 19.2 Å². The van der Waals surface area contributed by atoms with Gasteiger partial charge in [0.2, 0.25) is 0 Å². The summed E-state index contributed by atoms with van der Waals surface area (Å²) in [7, 11) is 1.56. The number of alkyl halides is 3. The summed E-state index contributed by atoms with van der Waals surface area (Å²) >= 11 is 0. The van der Waals surface area contributed by atoms with Crippen molar-refractivity contribution >= 4 is 6.34 Å². The molecular weight excluding hydrogens is 557 g/mol. The molecule has 2 aliphatic rings. The minimum absolute atomic E-state index is 0.100. The number of aromatic nitrogens is 4. The predicted octanol–water partition coefficient (Wildman–Crippen LogP) is 4.30. The number of rotatable bonds is 8. The third-order valence-electron chi connectivity index (χ3n) is 8.41. The van der Waals surface area contributed by atoms with Crippen molar-refractivity contribution in [3.05, 3.63) is 101 Å². The highest BCUT2D eigenvalue weighted by Gasteiger charge is 2.42. The van der Waals surface area contributed by atoms with Gasteiger partial charge < -0.3 is 9.64 Å². The van der Waals surface area contributed by atoms with Crippen LogP contribution in [0, 0.1) is 5.41 Å². The van der Waals surface area contributed by atoms with E-state index in [4.69, 9.17) is 10.1 Å². The Morgan fingerprint density at radius 1 is 0.953 bits per heavy atom. The van der Waals surface area contributed by atoms with Gasteiger partial charge in [-0.05, 0) is 39.8 Å². The van der Waals surface area contributed by atoms with Crippen LogP contribution in [0.15, 0.2) is 78.9 Å². The van der Waals surface area contributed by atoms with Crippen LogP contribution in [0.25, 0.3) is 5.69 Å². The van der Waals surface area contributed by atoms with Gasteiger partial charge in [-0.1, -0.05) is 60.7 Å². The van der Waals surface area contributed by atoms with Crippen molar-refractivity contribution < 1.29 is 17.9 Å². The number of fused-ring (bicyclic) bond motifs is 1. The topological polar surface area (TPSA) is 86.4 Å². The van der Waals surface area contributed by atoms with Gasteiger partial charge in [-0.2, -0.15) is 17.9 Å². The van der Waals surface area contributed by atoms with E-state index in [0.717, 1.165) is 38.3 Å². The molecule has 4 aromatic rings. The highest BCUT2D eigenvalue weighted by Crippen LogP contribution is 2.37. The Kier molecular flexibility index (Phi) is 8.13. The number of benzene rings is 3. The van der Waals surface area contributed by atoms with E-state index >= 15 is 0 Å². The fraction of sp³-hybridized carbons (Fsp3) is 0.355. The lowest BCUT2D eigenvalue weighted by Crippen LogP contribution is -2.66. The molecule has 0 radical (unpaired) electrons. The van der Waals surface area contributed by atoms with Gasteiger partial charge in [-0.25, -0.2) is 0 Å². The molecule has 9 nitrogen and oxygen atoms in total. The van der Waals surface area contributed by atoms with E-state index in [-0.39, 0.29) is 23.7 Å². The Morgan fingerprint density at radius 2 is 1.65 bits per heavy atom. The van der Waals surface area contributed by atoms with E-state index in [1.807, 2.05) is 17.0 Å². The monoisotopic (exact) mass is 590 g/mol. The molecule has 0 amide bonds. The molecule has 1 N–H and O–H groups in total. The zero-order valence-electron chi connectivity index (χ0n) is 23.7. The van der Waals surface area contributed by atoms with E-state index in [9.17, 15) is 13.2 Å². The minimum atomic E-state index is -4.70. The molecule has 2 fully saturated rings. The van der Waals surface area contributed by atoms with Gasteiger partial charge in [0.05, 0.1) is 19.1 Å². The molecule has 43 heavy (non-hydrogen) atoms. The van der Waals surface area contributed by atoms with E-state index in [2.05, 4.69) is 73.9 Å². The number of tetrazole rings is 1. The molecule has 0 unspecified atom stereocenters. The summed E-state index contributed by atoms with van der Waals surface area (Å²) in [4.78, 5) is 6.98. The zero-order valence-corrected chi connectivity index (χ0v) is 23.7. The maximum atomic E-state index is 13.6. The second kappa shape index (κ2) is 12.1. The molecule has 12 heteroatoms. The second-order valence-electron chi connectivity index (χ2n) is 11.0. The average molecular weight is 591 g/mol. The van der Waals surface area contributed by atoms with Crippen LogP contribution in [0.3, 0.4) is 0 Å². The minimum Gasteiger partial charge on any atom is -0.496 e. The molecule has 3 heterocycles. The van der Waals surface area contributed by atoms with Crippen LogP contribution in [0.4, 0.5) is 13.2 Å². The lowest BCUT2D eigenvalue weighted by molar-refractivity contribution is -0.146. The van der Waals surface area contributed by atoms with Crippen LogP contribution < -0.4 is 4.74 Å².